The first-order valence-electron chi connectivity index (χ1n) is 7.60. The zero-order valence-electron chi connectivity index (χ0n) is 13.6. The minimum atomic E-state index is 0.469. The van der Waals surface area contributed by atoms with Gasteiger partial charge >= 0.3 is 0 Å². The van der Waals surface area contributed by atoms with Crippen LogP contribution in [0.4, 0.5) is 17.5 Å². The van der Waals surface area contributed by atoms with Gasteiger partial charge in [0.25, 0.3) is 0 Å². The van der Waals surface area contributed by atoms with Crippen LogP contribution < -0.4 is 10.2 Å². The molecule has 0 aliphatic rings. The molecule has 3 rings (SSSR count). The van der Waals surface area contributed by atoms with Crippen molar-refractivity contribution < 1.29 is 0 Å². The van der Waals surface area contributed by atoms with Gasteiger partial charge in [-0.25, -0.2) is 0 Å². The maximum atomic E-state index is 4.55. The molecule has 0 bridgehead atoms. The van der Waals surface area contributed by atoms with Crippen LogP contribution in [-0.2, 0) is 6.54 Å². The molecule has 0 saturated carbocycles. The molecule has 2 aromatic carbocycles. The van der Waals surface area contributed by atoms with Crippen molar-refractivity contribution in [3.05, 3.63) is 70.3 Å². The largest absolute Gasteiger partial charge is 0.354 e. The summed E-state index contributed by atoms with van der Waals surface area (Å²) in [6.07, 6.45) is 1.66. The van der Waals surface area contributed by atoms with Gasteiger partial charge in [-0.3, -0.25) is 0 Å². The van der Waals surface area contributed by atoms with Gasteiger partial charge in [0.15, 0.2) is 5.82 Å². The van der Waals surface area contributed by atoms with E-state index in [0.717, 1.165) is 22.5 Å². The van der Waals surface area contributed by atoms with Crippen molar-refractivity contribution >= 4 is 33.4 Å². The Morgan fingerprint density at radius 2 is 1.92 bits per heavy atom. The number of aryl methyl sites for hydroxylation is 1. The maximum Gasteiger partial charge on any atom is 0.249 e. The fourth-order valence-corrected chi connectivity index (χ4v) is 2.90. The van der Waals surface area contributed by atoms with E-state index in [1.165, 1.54) is 11.1 Å². The molecule has 1 N–H and O–H groups in total. The lowest BCUT2D eigenvalue weighted by Crippen LogP contribution is -2.18. The Hall–Kier alpha value is -2.47. The molecular formula is C18H18BrN5. The van der Waals surface area contributed by atoms with Crippen LogP contribution in [-0.4, -0.2) is 22.2 Å². The van der Waals surface area contributed by atoms with Crippen molar-refractivity contribution in [1.82, 2.24) is 15.2 Å². The average Bonchev–Trinajstić information content (AvgIpc) is 2.59. The number of hydrogen-bond acceptors (Lipinski definition) is 5. The minimum absolute atomic E-state index is 0.469. The Kier molecular flexibility index (Phi) is 5.05. The molecule has 1 aromatic heterocycles. The van der Waals surface area contributed by atoms with E-state index in [2.05, 4.69) is 48.6 Å². The van der Waals surface area contributed by atoms with Gasteiger partial charge in [-0.15, -0.1) is 5.10 Å². The van der Waals surface area contributed by atoms with Crippen LogP contribution in [0, 0.1) is 6.92 Å². The van der Waals surface area contributed by atoms with Gasteiger partial charge in [0.1, 0.15) is 0 Å². The Morgan fingerprint density at radius 3 is 2.67 bits per heavy atom. The summed E-state index contributed by atoms with van der Waals surface area (Å²) in [5, 5.41) is 11.3. The standard InChI is InChI=1S/C18H18BrN5/c1-13-8-9-16(15(19)10-13)21-18-22-17(11-20-23-18)24(2)12-14-6-4-3-5-7-14/h3-11H,12H2,1-2H3,(H,21,22,23). The first-order valence-corrected chi connectivity index (χ1v) is 8.39. The zero-order valence-corrected chi connectivity index (χ0v) is 15.2. The number of anilines is 3. The Bertz CT molecular complexity index is 823. The molecule has 0 spiro atoms. The molecule has 1 heterocycles. The summed E-state index contributed by atoms with van der Waals surface area (Å²) in [5.41, 5.74) is 3.31. The molecule has 0 atom stereocenters. The number of nitrogens with one attached hydrogen (secondary N) is 1. The Morgan fingerprint density at radius 1 is 1.12 bits per heavy atom. The number of nitrogens with zero attached hydrogens (tertiary/aromatic N) is 4. The molecular weight excluding hydrogens is 366 g/mol. The van der Waals surface area contributed by atoms with E-state index in [0.29, 0.717) is 5.95 Å². The van der Waals surface area contributed by atoms with E-state index in [1.807, 2.05) is 55.3 Å². The summed E-state index contributed by atoms with van der Waals surface area (Å²) >= 11 is 3.55. The van der Waals surface area contributed by atoms with Crippen LogP contribution in [0.3, 0.4) is 0 Å². The second-order valence-corrected chi connectivity index (χ2v) is 6.44. The third-order valence-electron chi connectivity index (χ3n) is 3.57. The summed E-state index contributed by atoms with van der Waals surface area (Å²) in [4.78, 5) is 6.59. The molecule has 0 aliphatic heterocycles. The lowest BCUT2D eigenvalue weighted by atomic mass is 10.2. The van der Waals surface area contributed by atoms with E-state index in [-0.39, 0.29) is 0 Å². The number of benzene rings is 2. The first kappa shape index (κ1) is 16.4. The molecule has 6 heteroatoms. The number of hydrogen-bond donors (Lipinski definition) is 1. The van der Waals surface area contributed by atoms with Crippen molar-refractivity contribution in [2.45, 2.75) is 13.5 Å². The lowest BCUT2D eigenvalue weighted by molar-refractivity contribution is 0.866. The van der Waals surface area contributed by atoms with Crippen molar-refractivity contribution in [3.8, 4) is 0 Å². The van der Waals surface area contributed by atoms with E-state index in [4.69, 9.17) is 0 Å². The Balaban J connectivity index is 1.76. The fourth-order valence-electron chi connectivity index (χ4n) is 2.31. The number of halogens is 1. The summed E-state index contributed by atoms with van der Waals surface area (Å²) in [5.74, 6) is 1.23. The van der Waals surface area contributed by atoms with E-state index in [9.17, 15) is 0 Å². The van der Waals surface area contributed by atoms with Gasteiger partial charge in [0.2, 0.25) is 5.95 Å². The summed E-state index contributed by atoms with van der Waals surface area (Å²) in [7, 11) is 1.99. The lowest BCUT2D eigenvalue weighted by Gasteiger charge is -2.18. The molecule has 0 amide bonds. The quantitative estimate of drug-likeness (QED) is 0.710. The topological polar surface area (TPSA) is 53.9 Å². The van der Waals surface area contributed by atoms with Gasteiger partial charge in [-0.1, -0.05) is 36.4 Å². The van der Waals surface area contributed by atoms with Crippen LogP contribution in [0.25, 0.3) is 0 Å². The first-order chi connectivity index (χ1) is 11.6. The highest BCUT2D eigenvalue weighted by molar-refractivity contribution is 9.10. The maximum absolute atomic E-state index is 4.55. The van der Waals surface area contributed by atoms with Crippen LogP contribution in [0.2, 0.25) is 0 Å². The summed E-state index contributed by atoms with van der Waals surface area (Å²) in [6, 6.07) is 16.3. The smallest absolute Gasteiger partial charge is 0.249 e. The van der Waals surface area contributed by atoms with Crippen molar-refractivity contribution in [2.75, 3.05) is 17.3 Å². The fraction of sp³-hybridized carbons (Fsp3) is 0.167. The van der Waals surface area contributed by atoms with Crippen LogP contribution in [0.5, 0.6) is 0 Å². The van der Waals surface area contributed by atoms with Gasteiger partial charge in [0, 0.05) is 18.1 Å². The third kappa shape index (κ3) is 4.08. The number of aromatic nitrogens is 3. The highest BCUT2D eigenvalue weighted by atomic mass is 79.9. The van der Waals surface area contributed by atoms with Crippen LogP contribution in [0.1, 0.15) is 11.1 Å². The van der Waals surface area contributed by atoms with Crippen molar-refractivity contribution in [3.63, 3.8) is 0 Å². The highest BCUT2D eigenvalue weighted by Crippen LogP contribution is 2.25. The molecule has 5 nitrogen and oxygen atoms in total. The average molecular weight is 384 g/mol. The SMILES string of the molecule is Cc1ccc(Nc2nncc(N(C)Cc3ccccc3)n2)c(Br)c1. The van der Waals surface area contributed by atoms with Gasteiger partial charge in [0.05, 0.1) is 11.9 Å². The van der Waals surface area contributed by atoms with Crippen molar-refractivity contribution in [2.24, 2.45) is 0 Å². The van der Waals surface area contributed by atoms with Gasteiger partial charge in [-0.05, 0) is 46.1 Å². The summed E-state index contributed by atoms with van der Waals surface area (Å²) in [6.45, 7) is 2.80. The monoisotopic (exact) mass is 383 g/mol. The second-order valence-electron chi connectivity index (χ2n) is 5.59. The molecule has 3 aromatic rings. The molecule has 0 fully saturated rings. The minimum Gasteiger partial charge on any atom is -0.354 e. The van der Waals surface area contributed by atoms with Crippen LogP contribution in [0.15, 0.2) is 59.2 Å². The van der Waals surface area contributed by atoms with E-state index < -0.39 is 0 Å². The van der Waals surface area contributed by atoms with Crippen molar-refractivity contribution in [1.29, 1.82) is 0 Å². The highest BCUT2D eigenvalue weighted by Gasteiger charge is 2.08. The van der Waals surface area contributed by atoms with Gasteiger partial charge < -0.3 is 10.2 Å². The predicted octanol–water partition coefficient (Wildman–Crippen LogP) is 4.32. The third-order valence-corrected chi connectivity index (χ3v) is 4.23. The van der Waals surface area contributed by atoms with E-state index >= 15 is 0 Å². The Labute approximate surface area is 149 Å². The molecule has 122 valence electrons. The molecule has 24 heavy (non-hydrogen) atoms. The van der Waals surface area contributed by atoms with Crippen LogP contribution >= 0.6 is 15.9 Å². The summed E-state index contributed by atoms with van der Waals surface area (Å²) < 4.78 is 0.967. The molecule has 0 radical (unpaired) electrons. The predicted molar refractivity (Wildman–Crippen MR) is 101 cm³/mol. The number of rotatable bonds is 5. The molecule has 0 saturated heterocycles. The normalized spacial score (nSPS) is 10.5. The van der Waals surface area contributed by atoms with Gasteiger partial charge in [-0.2, -0.15) is 10.1 Å². The molecule has 0 aliphatic carbocycles. The second kappa shape index (κ2) is 7.40. The van der Waals surface area contributed by atoms with E-state index in [1.54, 1.807) is 6.20 Å². The zero-order chi connectivity index (χ0) is 16.9. The molecule has 0 unspecified atom stereocenters.